The third-order valence-corrected chi connectivity index (χ3v) is 3.28. The van der Waals surface area contributed by atoms with Crippen LogP contribution in [0.3, 0.4) is 0 Å². The van der Waals surface area contributed by atoms with Crippen molar-refractivity contribution in [3.8, 4) is 5.75 Å². The van der Waals surface area contributed by atoms with Crippen molar-refractivity contribution in [2.45, 2.75) is 19.6 Å². The average Bonchev–Trinajstić information content (AvgIpc) is 2.46. The molecule has 0 heterocycles. The molecule has 0 aliphatic rings. The van der Waals surface area contributed by atoms with Crippen molar-refractivity contribution < 1.29 is 9.66 Å². The van der Waals surface area contributed by atoms with Gasteiger partial charge in [0.25, 0.3) is 5.69 Å². The molecule has 0 radical (unpaired) electrons. The van der Waals surface area contributed by atoms with E-state index in [0.717, 1.165) is 5.56 Å². The predicted molar refractivity (Wildman–Crippen MR) is 81.5 cm³/mol. The van der Waals surface area contributed by atoms with Gasteiger partial charge in [0.1, 0.15) is 12.4 Å². The molecule has 110 valence electrons. The van der Waals surface area contributed by atoms with Crippen LogP contribution in [-0.4, -0.2) is 4.92 Å². The molecule has 1 atom stereocenters. The van der Waals surface area contributed by atoms with Crippen LogP contribution >= 0.6 is 11.6 Å². The van der Waals surface area contributed by atoms with Gasteiger partial charge in [-0.2, -0.15) is 0 Å². The summed E-state index contributed by atoms with van der Waals surface area (Å²) in [6.07, 6.45) is 0. The third kappa shape index (κ3) is 3.93. The summed E-state index contributed by atoms with van der Waals surface area (Å²) in [7, 11) is 0. The second-order valence-corrected chi connectivity index (χ2v) is 5.11. The molecule has 21 heavy (non-hydrogen) atoms. The number of nitro groups is 1. The summed E-state index contributed by atoms with van der Waals surface area (Å²) >= 11 is 5.77. The summed E-state index contributed by atoms with van der Waals surface area (Å²) in [5, 5.41) is 11.3. The topological polar surface area (TPSA) is 78.4 Å². The molecule has 2 rings (SSSR count). The van der Waals surface area contributed by atoms with Crippen LogP contribution in [0.25, 0.3) is 0 Å². The van der Waals surface area contributed by atoms with Gasteiger partial charge in [-0.25, -0.2) is 0 Å². The highest BCUT2D eigenvalue weighted by atomic mass is 35.5. The summed E-state index contributed by atoms with van der Waals surface area (Å²) in [5.41, 5.74) is 7.19. The van der Waals surface area contributed by atoms with Crippen molar-refractivity contribution in [2.24, 2.45) is 5.73 Å². The van der Waals surface area contributed by atoms with Crippen LogP contribution in [0.2, 0.25) is 5.02 Å². The number of benzene rings is 2. The Morgan fingerprint density at radius 2 is 1.95 bits per heavy atom. The fraction of sp³-hybridized carbons (Fsp3) is 0.200. The molecule has 0 saturated heterocycles. The number of nitrogens with zero attached hydrogens (tertiary/aromatic N) is 1. The second kappa shape index (κ2) is 6.56. The van der Waals surface area contributed by atoms with Gasteiger partial charge in [0.05, 0.1) is 10.5 Å². The van der Waals surface area contributed by atoms with E-state index in [1.165, 1.54) is 6.07 Å². The van der Waals surface area contributed by atoms with Gasteiger partial charge in [-0.3, -0.25) is 10.1 Å². The molecule has 0 aliphatic heterocycles. The lowest BCUT2D eigenvalue weighted by molar-refractivity contribution is -0.385. The third-order valence-electron chi connectivity index (χ3n) is 3.04. The maximum absolute atomic E-state index is 11.0. The smallest absolute Gasteiger partial charge is 0.277 e. The van der Waals surface area contributed by atoms with Gasteiger partial charge < -0.3 is 10.5 Å². The number of rotatable bonds is 5. The van der Waals surface area contributed by atoms with E-state index in [1.54, 1.807) is 24.3 Å². The van der Waals surface area contributed by atoms with Crippen molar-refractivity contribution in [3.63, 3.8) is 0 Å². The lowest BCUT2D eigenvalue weighted by Gasteiger charge is -2.09. The summed E-state index contributed by atoms with van der Waals surface area (Å²) in [6, 6.07) is 11.8. The Balaban J connectivity index is 2.11. The lowest BCUT2D eigenvalue weighted by Crippen LogP contribution is -2.04. The number of hydrogen-bond acceptors (Lipinski definition) is 4. The molecular weight excluding hydrogens is 292 g/mol. The van der Waals surface area contributed by atoms with Crippen molar-refractivity contribution in [3.05, 3.63) is 68.7 Å². The van der Waals surface area contributed by atoms with Gasteiger partial charge in [0.15, 0.2) is 0 Å². The Morgan fingerprint density at radius 1 is 1.29 bits per heavy atom. The minimum atomic E-state index is -0.468. The van der Waals surface area contributed by atoms with E-state index in [4.69, 9.17) is 22.1 Å². The summed E-state index contributed by atoms with van der Waals surface area (Å²) < 4.78 is 5.57. The van der Waals surface area contributed by atoms with Crippen LogP contribution in [0.15, 0.2) is 42.5 Å². The van der Waals surface area contributed by atoms with Gasteiger partial charge >= 0.3 is 0 Å². The molecule has 0 saturated carbocycles. The zero-order valence-corrected chi connectivity index (χ0v) is 12.2. The fourth-order valence-corrected chi connectivity index (χ4v) is 2.02. The molecule has 2 aromatic carbocycles. The van der Waals surface area contributed by atoms with Gasteiger partial charge in [-0.15, -0.1) is 0 Å². The molecule has 0 bridgehead atoms. The van der Waals surface area contributed by atoms with Gasteiger partial charge in [-0.05, 0) is 36.8 Å². The molecule has 0 aromatic heterocycles. The molecule has 0 aliphatic carbocycles. The van der Waals surface area contributed by atoms with Crippen molar-refractivity contribution in [1.29, 1.82) is 0 Å². The Bertz CT molecular complexity index is 642. The van der Waals surface area contributed by atoms with E-state index in [0.29, 0.717) is 16.3 Å². The van der Waals surface area contributed by atoms with E-state index in [2.05, 4.69) is 0 Å². The standard InChI is InChI=1S/C15H15ClN2O3/c1-10(17)11-3-6-14(7-4-11)21-9-12-2-5-13(16)8-15(12)18(19)20/h2-8,10H,9,17H2,1H3/t10-/m1/s1. The summed E-state index contributed by atoms with van der Waals surface area (Å²) in [4.78, 5) is 10.5. The molecule has 0 unspecified atom stereocenters. The van der Waals surface area contributed by atoms with Crippen LogP contribution in [0.5, 0.6) is 5.75 Å². The van der Waals surface area contributed by atoms with E-state index < -0.39 is 4.92 Å². The monoisotopic (exact) mass is 306 g/mol. The van der Waals surface area contributed by atoms with Crippen LogP contribution in [0.1, 0.15) is 24.1 Å². The molecule has 5 nitrogen and oxygen atoms in total. The Kier molecular flexibility index (Phi) is 4.77. The van der Waals surface area contributed by atoms with Crippen LogP contribution in [-0.2, 0) is 6.61 Å². The van der Waals surface area contributed by atoms with Crippen molar-refractivity contribution >= 4 is 17.3 Å². The first-order valence-corrected chi connectivity index (χ1v) is 6.76. The molecular formula is C15H15ClN2O3. The molecule has 0 amide bonds. The number of halogens is 1. The average molecular weight is 307 g/mol. The molecule has 0 fully saturated rings. The molecule has 2 N–H and O–H groups in total. The normalized spacial score (nSPS) is 12.0. The molecule has 0 spiro atoms. The van der Waals surface area contributed by atoms with Crippen molar-refractivity contribution in [2.75, 3.05) is 0 Å². The van der Waals surface area contributed by atoms with Crippen LogP contribution < -0.4 is 10.5 Å². The Labute approximate surface area is 127 Å². The minimum Gasteiger partial charge on any atom is -0.489 e. The predicted octanol–water partition coefficient (Wildman–Crippen LogP) is 3.85. The van der Waals surface area contributed by atoms with E-state index in [9.17, 15) is 10.1 Å². The minimum absolute atomic E-state index is 0.0450. The highest BCUT2D eigenvalue weighted by molar-refractivity contribution is 6.30. The SMILES string of the molecule is C[C@@H](N)c1ccc(OCc2ccc(Cl)cc2[N+](=O)[O-])cc1. The van der Waals surface area contributed by atoms with Crippen LogP contribution in [0.4, 0.5) is 5.69 Å². The van der Waals surface area contributed by atoms with Crippen molar-refractivity contribution in [1.82, 2.24) is 0 Å². The van der Waals surface area contributed by atoms with E-state index in [1.807, 2.05) is 19.1 Å². The number of nitro benzene ring substituents is 1. The highest BCUT2D eigenvalue weighted by Crippen LogP contribution is 2.25. The first-order valence-electron chi connectivity index (χ1n) is 6.38. The molecule has 6 heteroatoms. The number of hydrogen-bond donors (Lipinski definition) is 1. The van der Waals surface area contributed by atoms with Crippen LogP contribution in [0, 0.1) is 10.1 Å². The number of nitrogens with two attached hydrogens (primary N) is 1. The largest absolute Gasteiger partial charge is 0.489 e. The first-order chi connectivity index (χ1) is 9.97. The first kappa shape index (κ1) is 15.3. The maximum atomic E-state index is 11.0. The zero-order valence-electron chi connectivity index (χ0n) is 11.5. The van der Waals surface area contributed by atoms with Gasteiger partial charge in [0.2, 0.25) is 0 Å². The Morgan fingerprint density at radius 3 is 2.52 bits per heavy atom. The zero-order chi connectivity index (χ0) is 15.4. The Hall–Kier alpha value is -2.11. The maximum Gasteiger partial charge on any atom is 0.277 e. The highest BCUT2D eigenvalue weighted by Gasteiger charge is 2.14. The summed E-state index contributed by atoms with van der Waals surface area (Å²) in [5.74, 6) is 0.628. The molecule has 2 aromatic rings. The lowest BCUT2D eigenvalue weighted by atomic mass is 10.1. The summed E-state index contributed by atoms with van der Waals surface area (Å²) in [6.45, 7) is 2.00. The van der Waals surface area contributed by atoms with Gasteiger partial charge in [-0.1, -0.05) is 23.7 Å². The van der Waals surface area contributed by atoms with E-state index >= 15 is 0 Å². The van der Waals surface area contributed by atoms with E-state index in [-0.39, 0.29) is 18.3 Å². The second-order valence-electron chi connectivity index (χ2n) is 4.68. The quantitative estimate of drug-likeness (QED) is 0.672. The van der Waals surface area contributed by atoms with Gasteiger partial charge in [0, 0.05) is 17.1 Å². The number of ether oxygens (including phenoxy) is 1. The fourth-order valence-electron chi connectivity index (χ4n) is 1.86.